The van der Waals surface area contributed by atoms with Crippen molar-refractivity contribution in [1.82, 2.24) is 10.2 Å². The second kappa shape index (κ2) is 8.45. The zero-order chi connectivity index (χ0) is 20.5. The lowest BCUT2D eigenvalue weighted by Gasteiger charge is -2.36. The summed E-state index contributed by atoms with van der Waals surface area (Å²) < 4.78 is 0.825. The highest BCUT2D eigenvalue weighted by Gasteiger charge is 2.40. The highest BCUT2D eigenvalue weighted by Crippen LogP contribution is 2.44. The van der Waals surface area contributed by atoms with Crippen molar-refractivity contribution >= 4 is 51.3 Å². The number of benzene rings is 1. The van der Waals surface area contributed by atoms with Crippen molar-refractivity contribution < 1.29 is 9.59 Å². The molecule has 0 spiro atoms. The predicted molar refractivity (Wildman–Crippen MR) is 121 cm³/mol. The van der Waals surface area contributed by atoms with Crippen LogP contribution >= 0.6 is 34.4 Å². The Morgan fingerprint density at radius 3 is 2.77 bits per heavy atom. The minimum atomic E-state index is -0.136. The summed E-state index contributed by atoms with van der Waals surface area (Å²) in [5.74, 6) is 0.821. The number of nitrogens with zero attached hydrogens (tertiary/aromatic N) is 3. The average molecular weight is 454 g/mol. The van der Waals surface area contributed by atoms with Crippen LogP contribution in [0, 0.1) is 0 Å². The molecule has 2 aromatic heterocycles. The van der Waals surface area contributed by atoms with Crippen LogP contribution in [0.3, 0.4) is 0 Å². The van der Waals surface area contributed by atoms with Gasteiger partial charge in [-0.2, -0.15) is 11.3 Å². The smallest absolute Gasteiger partial charge is 0.234 e. The van der Waals surface area contributed by atoms with E-state index in [1.165, 1.54) is 16.9 Å². The Hall–Kier alpha value is -2.29. The highest BCUT2D eigenvalue weighted by molar-refractivity contribution is 8.00. The van der Waals surface area contributed by atoms with Gasteiger partial charge in [0, 0.05) is 35.8 Å². The molecule has 1 aliphatic heterocycles. The van der Waals surface area contributed by atoms with E-state index in [0.29, 0.717) is 18.0 Å². The van der Waals surface area contributed by atoms with Gasteiger partial charge in [0.15, 0.2) is 10.1 Å². The van der Waals surface area contributed by atoms with Crippen molar-refractivity contribution in [2.24, 2.45) is 0 Å². The molecule has 30 heavy (non-hydrogen) atoms. The van der Waals surface area contributed by atoms with Crippen molar-refractivity contribution in [2.75, 3.05) is 4.90 Å². The van der Waals surface area contributed by atoms with Crippen molar-refractivity contribution in [3.8, 4) is 0 Å². The maximum absolute atomic E-state index is 13.2. The molecule has 8 heteroatoms. The van der Waals surface area contributed by atoms with E-state index in [-0.39, 0.29) is 17.6 Å². The molecule has 1 atom stereocenters. The Morgan fingerprint density at radius 2 is 1.97 bits per heavy atom. The molecule has 3 heterocycles. The van der Waals surface area contributed by atoms with Crippen LogP contribution in [0.25, 0.3) is 0 Å². The molecule has 1 aliphatic carbocycles. The number of carbonyl (C=O) groups excluding carboxylic acids is 2. The summed E-state index contributed by atoms with van der Waals surface area (Å²) in [4.78, 5) is 27.7. The van der Waals surface area contributed by atoms with E-state index in [1.807, 2.05) is 35.0 Å². The van der Waals surface area contributed by atoms with Crippen LogP contribution in [0.1, 0.15) is 42.7 Å². The number of rotatable bonds is 5. The second-order valence-electron chi connectivity index (χ2n) is 7.30. The van der Waals surface area contributed by atoms with Gasteiger partial charge in [0.1, 0.15) is 0 Å². The molecule has 5 rings (SSSR count). The molecule has 0 radical (unpaired) electrons. The molecular formula is C22H19N3O2S3. The normalized spacial score (nSPS) is 19.3. The quantitative estimate of drug-likeness (QED) is 0.381. The van der Waals surface area contributed by atoms with E-state index in [1.54, 1.807) is 28.0 Å². The van der Waals surface area contributed by atoms with E-state index in [4.69, 9.17) is 0 Å². The second-order valence-corrected chi connectivity index (χ2v) is 10.3. The number of hydrogen-bond acceptors (Lipinski definition) is 7. The standard InChI is InChI=1S/C22H19N3O2S3/c26-18-8-4-7-17-20(18)16(15-9-10-28-13-15)11-19(27)25(17)21-23-24-22(30-21)29-12-14-5-2-1-3-6-14/h1-3,5-6,9-10,13,16H,4,7-8,11-12H2. The first-order valence-electron chi connectivity index (χ1n) is 9.82. The fourth-order valence-corrected chi connectivity index (χ4v) is 6.60. The minimum absolute atomic E-state index is 0.00425. The topological polar surface area (TPSA) is 63.2 Å². The Balaban J connectivity index is 1.45. The van der Waals surface area contributed by atoms with Crippen LogP contribution in [0.2, 0.25) is 0 Å². The molecule has 0 N–H and O–H groups in total. The summed E-state index contributed by atoms with van der Waals surface area (Å²) in [6.45, 7) is 0. The zero-order valence-corrected chi connectivity index (χ0v) is 18.6. The largest absolute Gasteiger partial charge is 0.294 e. The fraction of sp³-hybridized carbons (Fsp3) is 0.273. The third-order valence-electron chi connectivity index (χ3n) is 5.41. The van der Waals surface area contributed by atoms with E-state index in [2.05, 4.69) is 22.3 Å². The molecule has 0 saturated heterocycles. The van der Waals surface area contributed by atoms with Crippen molar-refractivity contribution in [1.29, 1.82) is 0 Å². The lowest BCUT2D eigenvalue weighted by Crippen LogP contribution is -2.40. The third kappa shape index (κ3) is 3.75. The van der Waals surface area contributed by atoms with Crippen LogP contribution in [0.15, 0.2) is 62.8 Å². The van der Waals surface area contributed by atoms with Gasteiger partial charge in [-0.3, -0.25) is 14.5 Å². The molecule has 152 valence electrons. The van der Waals surface area contributed by atoms with Crippen LogP contribution < -0.4 is 4.90 Å². The molecule has 3 aromatic rings. The molecule has 1 amide bonds. The van der Waals surface area contributed by atoms with Gasteiger partial charge in [-0.05, 0) is 40.8 Å². The van der Waals surface area contributed by atoms with Gasteiger partial charge >= 0.3 is 0 Å². The summed E-state index contributed by atoms with van der Waals surface area (Å²) in [6.07, 6.45) is 2.34. The number of hydrogen-bond donors (Lipinski definition) is 0. The first-order chi connectivity index (χ1) is 14.7. The molecule has 0 bridgehead atoms. The summed E-state index contributed by atoms with van der Waals surface area (Å²) >= 11 is 4.63. The first kappa shape index (κ1) is 19.7. The molecule has 1 unspecified atom stereocenters. The van der Waals surface area contributed by atoms with Crippen molar-refractivity contribution in [3.63, 3.8) is 0 Å². The van der Waals surface area contributed by atoms with Crippen molar-refractivity contribution in [3.05, 3.63) is 69.6 Å². The first-order valence-corrected chi connectivity index (χ1v) is 12.6. The number of ketones is 1. The summed E-state index contributed by atoms with van der Waals surface area (Å²) in [5.41, 5.74) is 3.91. The summed E-state index contributed by atoms with van der Waals surface area (Å²) in [6, 6.07) is 12.2. The van der Waals surface area contributed by atoms with Crippen LogP contribution in [-0.2, 0) is 15.3 Å². The number of anilines is 1. The van der Waals surface area contributed by atoms with E-state index in [0.717, 1.165) is 39.8 Å². The maximum Gasteiger partial charge on any atom is 0.234 e. The number of carbonyl (C=O) groups is 2. The average Bonchev–Trinajstić information content (AvgIpc) is 3.45. The summed E-state index contributed by atoms with van der Waals surface area (Å²) in [5, 5.41) is 13.2. The Bertz CT molecular complexity index is 1110. The molecule has 0 saturated carbocycles. The lowest BCUT2D eigenvalue weighted by atomic mass is 9.78. The predicted octanol–water partition coefficient (Wildman–Crippen LogP) is 5.42. The number of amides is 1. The number of thiophene rings is 1. The van der Waals surface area contributed by atoms with Gasteiger partial charge in [-0.25, -0.2) is 0 Å². The number of thioether (sulfide) groups is 1. The molecule has 1 aromatic carbocycles. The molecule has 2 aliphatic rings. The maximum atomic E-state index is 13.2. The van der Waals surface area contributed by atoms with Crippen LogP contribution in [0.5, 0.6) is 0 Å². The zero-order valence-electron chi connectivity index (χ0n) is 16.1. The Labute approximate surface area is 186 Å². The number of allylic oxidation sites excluding steroid dienone is 2. The Kier molecular flexibility index (Phi) is 5.54. The van der Waals surface area contributed by atoms with Crippen LogP contribution in [0.4, 0.5) is 5.13 Å². The van der Waals surface area contributed by atoms with Gasteiger partial charge in [0.25, 0.3) is 0 Å². The highest BCUT2D eigenvalue weighted by atomic mass is 32.2. The van der Waals surface area contributed by atoms with E-state index < -0.39 is 0 Å². The summed E-state index contributed by atoms with van der Waals surface area (Å²) in [7, 11) is 0. The molecule has 0 fully saturated rings. The van der Waals surface area contributed by atoms with Crippen molar-refractivity contribution in [2.45, 2.75) is 41.7 Å². The SMILES string of the molecule is O=C1CCCC2=C1C(c1ccsc1)CC(=O)N2c1nnc(SCc2ccccc2)s1. The van der Waals surface area contributed by atoms with E-state index in [9.17, 15) is 9.59 Å². The third-order valence-corrected chi connectivity index (χ3v) is 8.23. The fourth-order valence-electron chi connectivity index (χ4n) is 4.04. The minimum Gasteiger partial charge on any atom is -0.294 e. The lowest BCUT2D eigenvalue weighted by molar-refractivity contribution is -0.119. The monoisotopic (exact) mass is 453 g/mol. The van der Waals surface area contributed by atoms with E-state index >= 15 is 0 Å². The number of aromatic nitrogens is 2. The molecular weight excluding hydrogens is 434 g/mol. The van der Waals surface area contributed by atoms with Gasteiger partial charge in [0.05, 0.1) is 0 Å². The van der Waals surface area contributed by atoms with Gasteiger partial charge in [-0.15, -0.1) is 10.2 Å². The van der Waals surface area contributed by atoms with Gasteiger partial charge in [0.2, 0.25) is 11.0 Å². The molecule has 5 nitrogen and oxygen atoms in total. The van der Waals surface area contributed by atoms with Crippen LogP contribution in [-0.4, -0.2) is 21.9 Å². The van der Waals surface area contributed by atoms with Gasteiger partial charge in [-0.1, -0.05) is 53.4 Å². The number of Topliss-reactive ketones (excluding diaryl/α,β-unsaturated/α-hetero) is 1. The Morgan fingerprint density at radius 1 is 1.10 bits per heavy atom. The van der Waals surface area contributed by atoms with Gasteiger partial charge < -0.3 is 0 Å².